The number of sulfonamides is 1. The number of nitrogens with one attached hydrogen (secondary N) is 1. The molecule has 0 saturated heterocycles. The van der Waals surface area contributed by atoms with E-state index in [1.807, 2.05) is 30.3 Å². The van der Waals surface area contributed by atoms with Gasteiger partial charge < -0.3 is 5.11 Å². The molecule has 1 heterocycles. The maximum Gasteiger partial charge on any atom is 0.271 e. The minimum Gasteiger partial charge on any atom is -0.506 e. The summed E-state index contributed by atoms with van der Waals surface area (Å²) >= 11 is 8.25. The molecule has 0 unspecified atom stereocenters. The number of anilines is 1. The van der Waals surface area contributed by atoms with Crippen molar-refractivity contribution in [2.24, 2.45) is 0 Å². The highest BCUT2D eigenvalue weighted by Crippen LogP contribution is 2.43. The number of phenols is 1. The molecule has 4 nitrogen and oxygen atoms in total. The Labute approximate surface area is 175 Å². The second-order valence-corrected chi connectivity index (χ2v) is 10.6. The number of halogens is 1. The SMILES string of the molecule is O=S(=O)(Nc1cc(Sc2ccccc2)c(O)c2ccccc12)c1ccc(Cl)s1. The van der Waals surface area contributed by atoms with Crippen LogP contribution in [0.4, 0.5) is 5.69 Å². The third-order valence-corrected chi connectivity index (χ3v) is 8.14. The van der Waals surface area contributed by atoms with Crippen molar-refractivity contribution in [3.05, 3.63) is 77.1 Å². The molecule has 0 radical (unpaired) electrons. The quantitative estimate of drug-likeness (QED) is 0.357. The normalized spacial score (nSPS) is 11.6. The van der Waals surface area contributed by atoms with E-state index < -0.39 is 10.0 Å². The van der Waals surface area contributed by atoms with Gasteiger partial charge >= 0.3 is 0 Å². The molecule has 1 aromatic heterocycles. The number of hydrogen-bond donors (Lipinski definition) is 2. The predicted octanol–water partition coefficient (Wildman–Crippen LogP) is 6.21. The maximum atomic E-state index is 12.8. The molecule has 8 heteroatoms. The maximum absolute atomic E-state index is 12.8. The molecule has 0 saturated carbocycles. The number of aromatic hydroxyl groups is 1. The second kappa shape index (κ2) is 7.67. The molecular weight excluding hydrogens is 434 g/mol. The van der Waals surface area contributed by atoms with Crippen molar-refractivity contribution in [2.75, 3.05) is 4.72 Å². The van der Waals surface area contributed by atoms with Crippen molar-refractivity contribution in [1.82, 2.24) is 0 Å². The lowest BCUT2D eigenvalue weighted by Gasteiger charge is -2.14. The van der Waals surface area contributed by atoms with E-state index in [0.29, 0.717) is 25.7 Å². The van der Waals surface area contributed by atoms with Gasteiger partial charge in [-0.25, -0.2) is 8.42 Å². The molecule has 0 amide bonds. The first-order chi connectivity index (χ1) is 13.4. The van der Waals surface area contributed by atoms with Gasteiger partial charge in [0.2, 0.25) is 0 Å². The van der Waals surface area contributed by atoms with E-state index in [4.69, 9.17) is 11.6 Å². The highest BCUT2D eigenvalue weighted by Gasteiger charge is 2.20. The number of benzene rings is 3. The molecule has 0 bridgehead atoms. The Hall–Kier alpha value is -2.19. The summed E-state index contributed by atoms with van der Waals surface area (Å²) in [4.78, 5) is 1.50. The molecule has 0 aliphatic heterocycles. The first kappa shape index (κ1) is 19.1. The Kier molecular flexibility index (Phi) is 5.25. The average molecular weight is 448 g/mol. The van der Waals surface area contributed by atoms with Crippen molar-refractivity contribution in [3.8, 4) is 5.75 Å². The average Bonchev–Trinajstić information content (AvgIpc) is 3.14. The van der Waals surface area contributed by atoms with Crippen LogP contribution in [0.1, 0.15) is 0 Å². The smallest absolute Gasteiger partial charge is 0.271 e. The van der Waals surface area contributed by atoms with E-state index in [2.05, 4.69) is 4.72 Å². The van der Waals surface area contributed by atoms with Gasteiger partial charge in [-0.1, -0.05) is 65.8 Å². The third-order valence-electron chi connectivity index (χ3n) is 4.01. The molecule has 2 N–H and O–H groups in total. The van der Waals surface area contributed by atoms with Crippen LogP contribution >= 0.6 is 34.7 Å². The van der Waals surface area contributed by atoms with Crippen LogP contribution in [0.2, 0.25) is 4.34 Å². The van der Waals surface area contributed by atoms with Gasteiger partial charge in [-0.05, 0) is 30.3 Å². The van der Waals surface area contributed by atoms with E-state index in [1.54, 1.807) is 36.4 Å². The van der Waals surface area contributed by atoms with E-state index in [-0.39, 0.29) is 9.96 Å². The first-order valence-corrected chi connectivity index (χ1v) is 11.7. The molecule has 4 aromatic rings. The monoisotopic (exact) mass is 447 g/mol. The van der Waals surface area contributed by atoms with E-state index in [9.17, 15) is 13.5 Å². The lowest BCUT2D eigenvalue weighted by Crippen LogP contribution is -2.11. The van der Waals surface area contributed by atoms with Crippen molar-refractivity contribution < 1.29 is 13.5 Å². The topological polar surface area (TPSA) is 66.4 Å². The van der Waals surface area contributed by atoms with Crippen LogP contribution in [0.15, 0.2) is 86.8 Å². The molecule has 28 heavy (non-hydrogen) atoms. The fourth-order valence-corrected chi connectivity index (χ4v) is 6.23. The van der Waals surface area contributed by atoms with Crippen LogP contribution in [-0.4, -0.2) is 13.5 Å². The molecule has 0 aliphatic carbocycles. The standard InChI is InChI=1S/C20H14ClNO3S3/c21-18-10-11-19(27-18)28(24,25)22-16-12-17(26-13-6-2-1-3-7-13)20(23)15-9-5-4-8-14(15)16/h1-12,22-23H. The minimum atomic E-state index is -3.79. The van der Waals surface area contributed by atoms with Gasteiger partial charge in [0.05, 0.1) is 14.9 Å². The fourth-order valence-electron chi connectivity index (χ4n) is 2.75. The van der Waals surface area contributed by atoms with Crippen LogP contribution in [-0.2, 0) is 10.0 Å². The van der Waals surface area contributed by atoms with Crippen molar-refractivity contribution in [3.63, 3.8) is 0 Å². The van der Waals surface area contributed by atoms with Gasteiger partial charge in [0.25, 0.3) is 10.0 Å². The molecular formula is C20H14ClNO3S3. The Morgan fingerprint density at radius 2 is 1.61 bits per heavy atom. The summed E-state index contributed by atoms with van der Waals surface area (Å²) in [5.74, 6) is 0.117. The second-order valence-electron chi connectivity index (χ2n) is 5.90. The van der Waals surface area contributed by atoms with Crippen LogP contribution in [0.25, 0.3) is 10.8 Å². The van der Waals surface area contributed by atoms with Crippen molar-refractivity contribution in [2.45, 2.75) is 14.0 Å². The Morgan fingerprint density at radius 1 is 0.929 bits per heavy atom. The Bertz CT molecular complexity index is 1250. The van der Waals surface area contributed by atoms with Crippen LogP contribution in [0.3, 0.4) is 0 Å². The summed E-state index contributed by atoms with van der Waals surface area (Å²) in [6, 6.07) is 21.4. The summed E-state index contributed by atoms with van der Waals surface area (Å²) in [5.41, 5.74) is 0.399. The number of rotatable bonds is 5. The lowest BCUT2D eigenvalue weighted by atomic mass is 10.1. The Morgan fingerprint density at radius 3 is 2.29 bits per heavy atom. The molecule has 0 atom stereocenters. The summed E-state index contributed by atoms with van der Waals surface area (Å²) in [6.45, 7) is 0. The number of hydrogen-bond acceptors (Lipinski definition) is 5. The van der Waals surface area contributed by atoms with Gasteiger partial charge in [0.1, 0.15) is 9.96 Å². The van der Waals surface area contributed by atoms with Gasteiger partial charge in [0, 0.05) is 15.7 Å². The van der Waals surface area contributed by atoms with E-state index in [1.165, 1.54) is 17.8 Å². The van der Waals surface area contributed by atoms with Gasteiger partial charge in [-0.15, -0.1) is 11.3 Å². The lowest BCUT2D eigenvalue weighted by molar-refractivity contribution is 0.469. The van der Waals surface area contributed by atoms with E-state index >= 15 is 0 Å². The van der Waals surface area contributed by atoms with Gasteiger partial charge in [-0.2, -0.15) is 0 Å². The zero-order chi connectivity index (χ0) is 19.7. The fraction of sp³-hybridized carbons (Fsp3) is 0. The Balaban J connectivity index is 1.82. The minimum absolute atomic E-state index is 0.117. The third kappa shape index (κ3) is 3.84. The summed E-state index contributed by atoms with van der Waals surface area (Å²) in [6.07, 6.45) is 0. The molecule has 142 valence electrons. The zero-order valence-electron chi connectivity index (χ0n) is 14.3. The van der Waals surface area contributed by atoms with E-state index in [0.717, 1.165) is 16.2 Å². The summed E-state index contributed by atoms with van der Waals surface area (Å²) < 4.78 is 28.7. The number of fused-ring (bicyclic) bond motifs is 1. The number of phenolic OH excluding ortho intramolecular Hbond substituents is 1. The highest BCUT2D eigenvalue weighted by atomic mass is 35.5. The van der Waals surface area contributed by atoms with Crippen molar-refractivity contribution >= 4 is 61.2 Å². The largest absolute Gasteiger partial charge is 0.506 e. The molecule has 4 rings (SSSR count). The molecule has 0 aliphatic rings. The first-order valence-electron chi connectivity index (χ1n) is 8.20. The molecule has 0 fully saturated rings. The molecule has 3 aromatic carbocycles. The van der Waals surface area contributed by atoms with Crippen molar-refractivity contribution in [1.29, 1.82) is 0 Å². The van der Waals surface area contributed by atoms with Gasteiger partial charge in [0.15, 0.2) is 0 Å². The predicted molar refractivity (Wildman–Crippen MR) is 116 cm³/mol. The van der Waals surface area contributed by atoms with Crippen LogP contribution < -0.4 is 4.72 Å². The summed E-state index contributed by atoms with van der Waals surface area (Å²) in [5, 5.41) is 11.9. The zero-order valence-corrected chi connectivity index (χ0v) is 17.5. The van der Waals surface area contributed by atoms with Crippen LogP contribution in [0.5, 0.6) is 5.75 Å². The number of thiophene rings is 1. The highest BCUT2D eigenvalue weighted by molar-refractivity contribution is 7.99. The molecule has 0 spiro atoms. The van der Waals surface area contributed by atoms with Gasteiger partial charge in [-0.3, -0.25) is 4.72 Å². The summed E-state index contributed by atoms with van der Waals surface area (Å²) in [7, 11) is -3.79. The van der Waals surface area contributed by atoms with Crippen LogP contribution in [0, 0.1) is 0 Å².